The standard InChI is InChI=1S/C22H17N3S/c1-2-15-9-6-10-19-18(13-24-21(15)19)11-17(12-23)22-25-20(14-26-22)16-7-4-3-5-8-16/h3-11,13-14,24H,2H2,1H3/b17-11+. The predicted octanol–water partition coefficient (Wildman–Crippen LogP) is 5.92. The first-order valence-corrected chi connectivity index (χ1v) is 9.40. The highest BCUT2D eigenvalue weighted by atomic mass is 32.1. The molecule has 1 N–H and O–H groups in total. The van der Waals surface area contributed by atoms with Crippen molar-refractivity contribution in [1.82, 2.24) is 9.97 Å². The molecular formula is C22H17N3S. The van der Waals surface area contributed by atoms with Crippen LogP contribution in [0.25, 0.3) is 33.8 Å². The van der Waals surface area contributed by atoms with E-state index in [2.05, 4.69) is 41.2 Å². The Hall–Kier alpha value is -3.16. The monoisotopic (exact) mass is 355 g/mol. The molecule has 0 aliphatic heterocycles. The van der Waals surface area contributed by atoms with Gasteiger partial charge >= 0.3 is 0 Å². The maximum absolute atomic E-state index is 9.67. The Bertz CT molecular complexity index is 1130. The summed E-state index contributed by atoms with van der Waals surface area (Å²) in [5.74, 6) is 0. The average molecular weight is 355 g/mol. The first kappa shape index (κ1) is 16.3. The number of hydrogen-bond acceptors (Lipinski definition) is 3. The first-order valence-electron chi connectivity index (χ1n) is 8.52. The van der Waals surface area contributed by atoms with E-state index in [1.807, 2.05) is 48.0 Å². The molecule has 2 aromatic carbocycles. The molecule has 26 heavy (non-hydrogen) atoms. The highest BCUT2D eigenvalue weighted by Crippen LogP contribution is 2.29. The Morgan fingerprint density at radius 2 is 2.04 bits per heavy atom. The van der Waals surface area contributed by atoms with E-state index in [-0.39, 0.29) is 0 Å². The fourth-order valence-corrected chi connectivity index (χ4v) is 3.88. The van der Waals surface area contributed by atoms with E-state index in [1.165, 1.54) is 16.9 Å². The molecule has 4 aromatic rings. The summed E-state index contributed by atoms with van der Waals surface area (Å²) in [5.41, 5.74) is 5.98. The zero-order chi connectivity index (χ0) is 17.9. The van der Waals surface area contributed by atoms with Crippen LogP contribution in [0.5, 0.6) is 0 Å². The second kappa shape index (κ2) is 6.99. The van der Waals surface area contributed by atoms with Crippen LogP contribution in [0, 0.1) is 11.3 Å². The summed E-state index contributed by atoms with van der Waals surface area (Å²) >= 11 is 1.50. The molecule has 4 heteroatoms. The van der Waals surface area contributed by atoms with Crippen LogP contribution in [0.3, 0.4) is 0 Å². The van der Waals surface area contributed by atoms with Crippen molar-refractivity contribution in [1.29, 1.82) is 5.26 Å². The van der Waals surface area contributed by atoms with Gasteiger partial charge < -0.3 is 4.98 Å². The third-order valence-electron chi connectivity index (χ3n) is 4.44. The van der Waals surface area contributed by atoms with Gasteiger partial charge in [0, 0.05) is 33.6 Å². The molecule has 0 unspecified atom stereocenters. The number of fused-ring (bicyclic) bond motifs is 1. The van der Waals surface area contributed by atoms with Crippen LogP contribution in [0.15, 0.2) is 60.1 Å². The van der Waals surface area contributed by atoms with Crippen molar-refractivity contribution in [2.75, 3.05) is 0 Å². The van der Waals surface area contributed by atoms with E-state index in [0.29, 0.717) is 5.57 Å². The van der Waals surface area contributed by atoms with Crippen LogP contribution in [0.2, 0.25) is 0 Å². The third kappa shape index (κ3) is 2.94. The lowest BCUT2D eigenvalue weighted by molar-refractivity contribution is 1.15. The van der Waals surface area contributed by atoms with Crippen LogP contribution < -0.4 is 0 Å². The van der Waals surface area contributed by atoms with Gasteiger partial charge in [0.05, 0.1) is 11.3 Å². The average Bonchev–Trinajstić information content (AvgIpc) is 3.34. The number of hydrogen-bond donors (Lipinski definition) is 1. The number of thiazole rings is 1. The fourth-order valence-electron chi connectivity index (χ4n) is 3.09. The quantitative estimate of drug-likeness (QED) is 0.462. The van der Waals surface area contributed by atoms with E-state index in [1.54, 1.807) is 0 Å². The van der Waals surface area contributed by atoms with Crippen molar-refractivity contribution in [2.45, 2.75) is 13.3 Å². The highest BCUT2D eigenvalue weighted by Gasteiger charge is 2.11. The van der Waals surface area contributed by atoms with Gasteiger partial charge in [0.2, 0.25) is 0 Å². The summed E-state index contributed by atoms with van der Waals surface area (Å²) in [4.78, 5) is 8.01. The number of nitriles is 1. The van der Waals surface area contributed by atoms with E-state index < -0.39 is 0 Å². The number of para-hydroxylation sites is 1. The second-order valence-electron chi connectivity index (χ2n) is 6.01. The molecule has 0 fully saturated rings. The van der Waals surface area contributed by atoms with Crippen LogP contribution >= 0.6 is 11.3 Å². The van der Waals surface area contributed by atoms with E-state index in [9.17, 15) is 5.26 Å². The number of aryl methyl sites for hydroxylation is 1. The Balaban J connectivity index is 1.75. The van der Waals surface area contributed by atoms with Crippen molar-refractivity contribution in [3.05, 3.63) is 76.2 Å². The Morgan fingerprint density at radius 3 is 2.81 bits per heavy atom. The second-order valence-corrected chi connectivity index (χ2v) is 6.87. The van der Waals surface area contributed by atoms with Crippen LogP contribution in [0.4, 0.5) is 0 Å². The van der Waals surface area contributed by atoms with E-state index >= 15 is 0 Å². The van der Waals surface area contributed by atoms with Gasteiger partial charge in [0.25, 0.3) is 0 Å². The number of H-pyrrole nitrogens is 1. The van der Waals surface area contributed by atoms with Gasteiger partial charge in [-0.3, -0.25) is 0 Å². The topological polar surface area (TPSA) is 52.5 Å². The maximum atomic E-state index is 9.67. The SMILES string of the molecule is CCc1cccc2c(/C=C(\C#N)c3nc(-c4ccccc4)cs3)c[nH]c12. The molecule has 126 valence electrons. The van der Waals surface area contributed by atoms with E-state index in [4.69, 9.17) is 0 Å². The van der Waals surface area contributed by atoms with Gasteiger partial charge in [-0.25, -0.2) is 4.98 Å². The van der Waals surface area contributed by atoms with Crippen molar-refractivity contribution >= 4 is 33.9 Å². The summed E-state index contributed by atoms with van der Waals surface area (Å²) in [5, 5.41) is 13.5. The van der Waals surface area contributed by atoms with Gasteiger partial charge in [-0.1, -0.05) is 55.5 Å². The van der Waals surface area contributed by atoms with Gasteiger partial charge in [-0.15, -0.1) is 11.3 Å². The van der Waals surface area contributed by atoms with Crippen molar-refractivity contribution < 1.29 is 0 Å². The zero-order valence-electron chi connectivity index (χ0n) is 14.4. The number of aromatic nitrogens is 2. The molecule has 0 spiro atoms. The zero-order valence-corrected chi connectivity index (χ0v) is 15.2. The third-order valence-corrected chi connectivity index (χ3v) is 5.31. The minimum absolute atomic E-state index is 0.583. The van der Waals surface area contributed by atoms with Crippen LogP contribution in [-0.4, -0.2) is 9.97 Å². The van der Waals surface area contributed by atoms with Gasteiger partial charge in [-0.05, 0) is 18.1 Å². The highest BCUT2D eigenvalue weighted by molar-refractivity contribution is 7.11. The van der Waals surface area contributed by atoms with E-state index in [0.717, 1.165) is 39.2 Å². The molecule has 0 saturated heterocycles. The van der Waals surface area contributed by atoms with Gasteiger partial charge in [0.15, 0.2) is 0 Å². The van der Waals surface area contributed by atoms with Crippen molar-refractivity contribution in [3.8, 4) is 17.3 Å². The number of allylic oxidation sites excluding steroid dienone is 1. The summed E-state index contributed by atoms with van der Waals surface area (Å²) in [7, 11) is 0. The lowest BCUT2D eigenvalue weighted by Gasteiger charge is -1.99. The molecule has 2 heterocycles. The minimum atomic E-state index is 0.583. The molecule has 3 nitrogen and oxygen atoms in total. The molecule has 2 aromatic heterocycles. The molecular weight excluding hydrogens is 338 g/mol. The Morgan fingerprint density at radius 1 is 1.19 bits per heavy atom. The lowest BCUT2D eigenvalue weighted by Crippen LogP contribution is -1.83. The fraction of sp³-hybridized carbons (Fsp3) is 0.0909. The Labute approximate surface area is 156 Å². The predicted molar refractivity (Wildman–Crippen MR) is 109 cm³/mol. The van der Waals surface area contributed by atoms with Crippen LogP contribution in [0.1, 0.15) is 23.1 Å². The molecule has 0 saturated carbocycles. The summed E-state index contributed by atoms with van der Waals surface area (Å²) in [6.07, 6.45) is 4.86. The first-order chi connectivity index (χ1) is 12.8. The van der Waals surface area contributed by atoms with Gasteiger partial charge in [0.1, 0.15) is 11.1 Å². The lowest BCUT2D eigenvalue weighted by atomic mass is 10.1. The maximum Gasteiger partial charge on any atom is 0.134 e. The number of benzene rings is 2. The number of rotatable bonds is 4. The summed E-state index contributed by atoms with van der Waals surface area (Å²) in [6, 6.07) is 18.6. The Kier molecular flexibility index (Phi) is 4.39. The van der Waals surface area contributed by atoms with Crippen molar-refractivity contribution in [2.24, 2.45) is 0 Å². The molecule has 0 bridgehead atoms. The number of nitrogens with zero attached hydrogens (tertiary/aromatic N) is 2. The van der Waals surface area contributed by atoms with Crippen molar-refractivity contribution in [3.63, 3.8) is 0 Å². The smallest absolute Gasteiger partial charge is 0.134 e. The molecule has 0 aliphatic rings. The number of aromatic amines is 1. The molecule has 0 aliphatic carbocycles. The molecule has 4 rings (SSSR count). The molecule has 0 radical (unpaired) electrons. The van der Waals surface area contributed by atoms with Gasteiger partial charge in [-0.2, -0.15) is 5.26 Å². The summed E-state index contributed by atoms with van der Waals surface area (Å²) < 4.78 is 0. The summed E-state index contributed by atoms with van der Waals surface area (Å²) in [6.45, 7) is 2.15. The van der Waals surface area contributed by atoms with Crippen LogP contribution in [-0.2, 0) is 6.42 Å². The normalized spacial score (nSPS) is 11.6. The molecule has 0 atom stereocenters. The minimum Gasteiger partial charge on any atom is -0.360 e. The largest absolute Gasteiger partial charge is 0.360 e. The number of nitrogens with one attached hydrogen (secondary N) is 1. The molecule has 0 amide bonds.